The minimum Gasteiger partial charge on any atom is -0.486 e. The topological polar surface area (TPSA) is 38.7 Å². The van der Waals surface area contributed by atoms with Gasteiger partial charge < -0.3 is 14.6 Å². The van der Waals surface area contributed by atoms with Crippen molar-refractivity contribution in [1.29, 1.82) is 0 Å². The molecule has 2 aliphatic rings. The smallest absolute Gasteiger partial charge is 0.162 e. The average Bonchev–Trinajstić information content (AvgIpc) is 3.20. The molecule has 0 radical (unpaired) electrons. The quantitative estimate of drug-likeness (QED) is 0.915. The molecule has 4 heteroatoms. The first-order valence-corrected chi connectivity index (χ1v) is 6.81. The van der Waals surface area contributed by atoms with Crippen LogP contribution in [0.4, 0.5) is 0 Å². The van der Waals surface area contributed by atoms with Gasteiger partial charge in [0.1, 0.15) is 13.2 Å². The minimum atomic E-state index is -0.527. The van der Waals surface area contributed by atoms with Crippen molar-refractivity contribution < 1.29 is 14.6 Å². The number of benzene rings is 1. The Hall–Kier alpha value is -0.930. The first-order valence-electron chi connectivity index (χ1n) is 6.44. The molecule has 1 aliphatic carbocycles. The van der Waals surface area contributed by atoms with Gasteiger partial charge in [-0.1, -0.05) is 18.5 Å². The van der Waals surface area contributed by atoms with Gasteiger partial charge in [-0.15, -0.1) is 0 Å². The number of rotatable bonds is 3. The summed E-state index contributed by atoms with van der Waals surface area (Å²) in [6.07, 6.45) is 1.89. The molecule has 1 aromatic carbocycles. The van der Waals surface area contributed by atoms with Crippen LogP contribution < -0.4 is 9.47 Å². The van der Waals surface area contributed by atoms with Crippen LogP contribution in [-0.2, 0) is 0 Å². The average molecular weight is 269 g/mol. The lowest BCUT2D eigenvalue weighted by atomic mass is 9.93. The summed E-state index contributed by atoms with van der Waals surface area (Å²) in [5, 5.41) is 11.0. The number of ether oxygens (including phenoxy) is 2. The Balaban J connectivity index is 1.90. The fourth-order valence-electron chi connectivity index (χ4n) is 2.47. The van der Waals surface area contributed by atoms with Gasteiger partial charge in [-0.2, -0.15) is 0 Å². The lowest BCUT2D eigenvalue weighted by Gasteiger charge is -2.24. The maximum absolute atomic E-state index is 10.4. The zero-order chi connectivity index (χ0) is 12.7. The van der Waals surface area contributed by atoms with E-state index in [1.165, 1.54) is 12.8 Å². The number of hydrogen-bond acceptors (Lipinski definition) is 3. The van der Waals surface area contributed by atoms with Crippen molar-refractivity contribution in [1.82, 2.24) is 0 Å². The summed E-state index contributed by atoms with van der Waals surface area (Å²) in [4.78, 5) is 0. The highest BCUT2D eigenvalue weighted by molar-refractivity contribution is 6.31. The van der Waals surface area contributed by atoms with Gasteiger partial charge in [0, 0.05) is 11.6 Å². The van der Waals surface area contributed by atoms with Crippen LogP contribution in [0.1, 0.15) is 31.4 Å². The second-order valence-electron chi connectivity index (χ2n) is 5.16. The van der Waals surface area contributed by atoms with Crippen molar-refractivity contribution in [3.63, 3.8) is 0 Å². The Morgan fingerprint density at radius 1 is 1.22 bits per heavy atom. The van der Waals surface area contributed by atoms with Gasteiger partial charge in [0.15, 0.2) is 11.5 Å². The fraction of sp³-hybridized carbons (Fsp3) is 0.571. The van der Waals surface area contributed by atoms with Gasteiger partial charge in [-0.3, -0.25) is 0 Å². The summed E-state index contributed by atoms with van der Waals surface area (Å²) in [6, 6.07) is 3.56. The fourth-order valence-corrected chi connectivity index (χ4v) is 2.73. The minimum absolute atomic E-state index is 0.241. The third-order valence-electron chi connectivity index (χ3n) is 3.84. The third-order valence-corrected chi connectivity index (χ3v) is 4.17. The molecule has 1 fully saturated rings. The normalized spacial score (nSPS) is 21.5. The highest BCUT2D eigenvalue weighted by Gasteiger charge is 2.34. The number of halogens is 1. The summed E-state index contributed by atoms with van der Waals surface area (Å²) in [5.41, 5.74) is 0.750. The molecule has 1 aliphatic heterocycles. The van der Waals surface area contributed by atoms with Crippen LogP contribution in [0.15, 0.2) is 12.1 Å². The van der Waals surface area contributed by atoms with Crippen LogP contribution in [-0.4, -0.2) is 18.3 Å². The molecule has 1 N–H and O–H groups in total. The van der Waals surface area contributed by atoms with Crippen molar-refractivity contribution in [3.05, 3.63) is 22.7 Å². The second kappa shape index (κ2) is 4.63. The predicted octanol–water partition coefficient (Wildman–Crippen LogP) is 3.19. The van der Waals surface area contributed by atoms with Crippen molar-refractivity contribution in [3.8, 4) is 11.5 Å². The molecule has 0 saturated heterocycles. The summed E-state index contributed by atoms with van der Waals surface area (Å²) >= 11 is 6.23. The molecule has 0 spiro atoms. The highest BCUT2D eigenvalue weighted by Crippen LogP contribution is 2.46. The Kier molecular flexibility index (Phi) is 3.12. The molecule has 0 bridgehead atoms. The first kappa shape index (κ1) is 12.1. The zero-order valence-corrected chi connectivity index (χ0v) is 11.1. The molecule has 2 atom stereocenters. The van der Waals surface area contributed by atoms with E-state index in [2.05, 4.69) is 6.92 Å². The van der Waals surface area contributed by atoms with Gasteiger partial charge in [0.25, 0.3) is 0 Å². The van der Waals surface area contributed by atoms with Crippen LogP contribution in [0, 0.1) is 11.8 Å². The maximum Gasteiger partial charge on any atom is 0.162 e. The van der Waals surface area contributed by atoms with Crippen LogP contribution in [0.25, 0.3) is 0 Å². The van der Waals surface area contributed by atoms with Crippen molar-refractivity contribution >= 4 is 11.6 Å². The summed E-state index contributed by atoms with van der Waals surface area (Å²) < 4.78 is 11.0. The van der Waals surface area contributed by atoms with E-state index in [4.69, 9.17) is 21.1 Å². The molecule has 2 unspecified atom stereocenters. The van der Waals surface area contributed by atoms with Gasteiger partial charge in [0.05, 0.1) is 11.1 Å². The van der Waals surface area contributed by atoms with Gasteiger partial charge >= 0.3 is 0 Å². The standard InChI is InChI=1S/C14H17ClO3/c1-8(9-2-3-9)14(16)10-6-12-13(7-11(10)15)18-5-4-17-12/h6-9,14,16H,2-5H2,1H3. The predicted molar refractivity (Wildman–Crippen MR) is 69.3 cm³/mol. The Morgan fingerprint density at radius 3 is 2.44 bits per heavy atom. The van der Waals surface area contributed by atoms with Crippen molar-refractivity contribution in [2.45, 2.75) is 25.9 Å². The van der Waals surface area contributed by atoms with E-state index in [-0.39, 0.29) is 5.92 Å². The van der Waals surface area contributed by atoms with E-state index in [1.54, 1.807) is 6.07 Å². The van der Waals surface area contributed by atoms with E-state index >= 15 is 0 Å². The summed E-state index contributed by atoms with van der Waals surface area (Å²) in [6.45, 7) is 3.17. The van der Waals surface area contributed by atoms with Crippen LogP contribution >= 0.6 is 11.6 Å². The molecule has 18 heavy (non-hydrogen) atoms. The van der Waals surface area contributed by atoms with Crippen LogP contribution in [0.5, 0.6) is 11.5 Å². The van der Waals surface area contributed by atoms with Crippen molar-refractivity contribution in [2.24, 2.45) is 11.8 Å². The number of fused-ring (bicyclic) bond motifs is 1. The van der Waals surface area contributed by atoms with Crippen LogP contribution in [0.3, 0.4) is 0 Å². The van der Waals surface area contributed by atoms with E-state index < -0.39 is 6.10 Å². The lowest BCUT2D eigenvalue weighted by molar-refractivity contribution is 0.105. The highest BCUT2D eigenvalue weighted by atomic mass is 35.5. The second-order valence-corrected chi connectivity index (χ2v) is 5.57. The first-order chi connectivity index (χ1) is 8.66. The molecule has 1 aromatic rings. The Morgan fingerprint density at radius 2 is 1.83 bits per heavy atom. The number of hydrogen-bond donors (Lipinski definition) is 1. The van der Waals surface area contributed by atoms with Gasteiger partial charge in [0.2, 0.25) is 0 Å². The molecule has 0 aromatic heterocycles. The largest absolute Gasteiger partial charge is 0.486 e. The SMILES string of the molecule is CC(C1CC1)C(O)c1cc2c(cc1Cl)OCCO2. The zero-order valence-electron chi connectivity index (χ0n) is 10.4. The number of aliphatic hydroxyl groups excluding tert-OH is 1. The van der Waals surface area contributed by atoms with Crippen LogP contribution in [0.2, 0.25) is 5.02 Å². The molecule has 3 rings (SSSR count). The molecular weight excluding hydrogens is 252 g/mol. The monoisotopic (exact) mass is 268 g/mol. The van der Waals surface area contributed by atoms with E-state index in [0.29, 0.717) is 35.7 Å². The van der Waals surface area contributed by atoms with E-state index in [9.17, 15) is 5.11 Å². The summed E-state index contributed by atoms with van der Waals surface area (Å²) in [7, 11) is 0. The van der Waals surface area contributed by atoms with Gasteiger partial charge in [-0.05, 0) is 30.7 Å². The van der Waals surface area contributed by atoms with Crippen molar-refractivity contribution in [2.75, 3.05) is 13.2 Å². The molecule has 98 valence electrons. The Bertz CT molecular complexity index is 457. The molecular formula is C14H17ClO3. The molecule has 0 amide bonds. The molecule has 3 nitrogen and oxygen atoms in total. The van der Waals surface area contributed by atoms with Gasteiger partial charge in [-0.25, -0.2) is 0 Å². The third kappa shape index (κ3) is 2.17. The molecule has 1 heterocycles. The maximum atomic E-state index is 10.4. The lowest BCUT2D eigenvalue weighted by Crippen LogP contribution is -2.17. The number of aliphatic hydroxyl groups is 1. The van der Waals surface area contributed by atoms with E-state index in [0.717, 1.165) is 5.56 Å². The molecule has 1 saturated carbocycles. The Labute approximate surface area is 112 Å². The summed E-state index contributed by atoms with van der Waals surface area (Å²) in [5.74, 6) is 2.22. The van der Waals surface area contributed by atoms with E-state index in [1.807, 2.05) is 6.07 Å².